The van der Waals surface area contributed by atoms with Gasteiger partial charge in [-0.05, 0) is 62.9 Å². The minimum absolute atomic E-state index is 0.132. The average molecular weight is 290 g/mol. The second-order valence-corrected chi connectivity index (χ2v) is 6.38. The first-order chi connectivity index (χ1) is 9.54. The standard InChI is InChI=1S/C16H22N2OS/c1-11-6-7-14(10-12(11)2)15-13(3)20-16(19)18(15)9-5-4-8-17/h6-7,10H,4-5,8-9,17H2,1-3H3. The number of nitrogens with two attached hydrogens (primary N) is 1. The lowest BCUT2D eigenvalue weighted by Gasteiger charge is -2.10. The normalized spacial score (nSPS) is 11.0. The molecule has 108 valence electrons. The Hall–Kier alpha value is -1.39. The van der Waals surface area contributed by atoms with Crippen molar-refractivity contribution in [2.24, 2.45) is 5.73 Å². The maximum absolute atomic E-state index is 12.1. The fourth-order valence-electron chi connectivity index (χ4n) is 2.38. The van der Waals surface area contributed by atoms with E-state index in [0.717, 1.165) is 35.5 Å². The topological polar surface area (TPSA) is 48.0 Å². The lowest BCUT2D eigenvalue weighted by atomic mass is 10.0. The van der Waals surface area contributed by atoms with Crippen LogP contribution in [0.15, 0.2) is 23.0 Å². The number of aryl methyl sites for hydroxylation is 3. The summed E-state index contributed by atoms with van der Waals surface area (Å²) in [5, 5.41) is 0. The van der Waals surface area contributed by atoms with Crippen LogP contribution in [-0.2, 0) is 6.54 Å². The van der Waals surface area contributed by atoms with Crippen LogP contribution >= 0.6 is 11.3 Å². The van der Waals surface area contributed by atoms with E-state index in [9.17, 15) is 4.79 Å². The van der Waals surface area contributed by atoms with E-state index in [4.69, 9.17) is 5.73 Å². The summed E-state index contributed by atoms with van der Waals surface area (Å²) in [6.07, 6.45) is 1.90. The van der Waals surface area contributed by atoms with Crippen LogP contribution in [0.2, 0.25) is 0 Å². The van der Waals surface area contributed by atoms with E-state index in [-0.39, 0.29) is 4.87 Å². The first kappa shape index (κ1) is 15.0. The van der Waals surface area contributed by atoms with E-state index >= 15 is 0 Å². The van der Waals surface area contributed by atoms with E-state index in [0.29, 0.717) is 6.54 Å². The molecule has 0 atom stereocenters. The van der Waals surface area contributed by atoms with Gasteiger partial charge in [-0.1, -0.05) is 23.5 Å². The van der Waals surface area contributed by atoms with Crippen LogP contribution in [0.5, 0.6) is 0 Å². The zero-order chi connectivity index (χ0) is 14.7. The van der Waals surface area contributed by atoms with Crippen molar-refractivity contribution >= 4 is 11.3 Å². The van der Waals surface area contributed by atoms with Gasteiger partial charge in [0.05, 0.1) is 5.69 Å². The third-order valence-corrected chi connectivity index (χ3v) is 4.57. The zero-order valence-electron chi connectivity index (χ0n) is 12.4. The van der Waals surface area contributed by atoms with Gasteiger partial charge in [0.15, 0.2) is 0 Å². The Morgan fingerprint density at radius 2 is 1.90 bits per heavy atom. The maximum Gasteiger partial charge on any atom is 0.307 e. The van der Waals surface area contributed by atoms with Crippen LogP contribution in [0.4, 0.5) is 0 Å². The predicted octanol–water partition coefficient (Wildman–Crippen LogP) is 3.24. The van der Waals surface area contributed by atoms with E-state index in [1.54, 1.807) is 0 Å². The first-order valence-corrected chi connectivity index (χ1v) is 7.84. The van der Waals surface area contributed by atoms with Crippen molar-refractivity contribution in [2.75, 3.05) is 6.54 Å². The summed E-state index contributed by atoms with van der Waals surface area (Å²) in [5.74, 6) is 0. The molecule has 1 heterocycles. The minimum Gasteiger partial charge on any atom is -0.330 e. The summed E-state index contributed by atoms with van der Waals surface area (Å²) in [6.45, 7) is 7.67. The van der Waals surface area contributed by atoms with Crippen LogP contribution in [-0.4, -0.2) is 11.1 Å². The molecule has 20 heavy (non-hydrogen) atoms. The smallest absolute Gasteiger partial charge is 0.307 e. The Labute approximate surface area is 124 Å². The number of rotatable bonds is 5. The monoisotopic (exact) mass is 290 g/mol. The van der Waals surface area contributed by atoms with Gasteiger partial charge >= 0.3 is 4.87 Å². The Balaban J connectivity index is 2.44. The molecule has 1 aromatic carbocycles. The molecule has 0 saturated carbocycles. The van der Waals surface area contributed by atoms with Crippen molar-refractivity contribution in [1.82, 2.24) is 4.57 Å². The molecule has 0 saturated heterocycles. The van der Waals surface area contributed by atoms with Crippen molar-refractivity contribution in [1.29, 1.82) is 0 Å². The van der Waals surface area contributed by atoms with E-state index in [2.05, 4.69) is 32.0 Å². The van der Waals surface area contributed by atoms with Crippen LogP contribution in [0.25, 0.3) is 11.3 Å². The van der Waals surface area contributed by atoms with Gasteiger partial charge < -0.3 is 5.73 Å². The number of unbranched alkanes of at least 4 members (excludes halogenated alkanes) is 1. The fraction of sp³-hybridized carbons (Fsp3) is 0.438. The molecule has 0 fully saturated rings. The molecular formula is C16H22N2OS. The minimum atomic E-state index is 0.132. The summed E-state index contributed by atoms with van der Waals surface area (Å²) in [7, 11) is 0. The highest BCUT2D eigenvalue weighted by Crippen LogP contribution is 2.27. The van der Waals surface area contributed by atoms with Crippen molar-refractivity contribution in [2.45, 2.75) is 40.2 Å². The molecule has 3 nitrogen and oxygen atoms in total. The van der Waals surface area contributed by atoms with Crippen LogP contribution < -0.4 is 10.6 Å². The van der Waals surface area contributed by atoms with Gasteiger partial charge in [0.2, 0.25) is 0 Å². The molecular weight excluding hydrogens is 268 g/mol. The molecule has 0 spiro atoms. The molecule has 0 amide bonds. The van der Waals surface area contributed by atoms with Crippen molar-refractivity contribution in [3.63, 3.8) is 0 Å². The second-order valence-electron chi connectivity index (χ2n) is 5.22. The molecule has 4 heteroatoms. The first-order valence-electron chi connectivity index (χ1n) is 7.02. The zero-order valence-corrected chi connectivity index (χ0v) is 13.2. The number of nitrogens with zero attached hydrogens (tertiary/aromatic N) is 1. The van der Waals surface area contributed by atoms with Crippen molar-refractivity contribution in [3.05, 3.63) is 43.9 Å². The fourth-order valence-corrected chi connectivity index (χ4v) is 3.26. The second kappa shape index (κ2) is 6.37. The highest BCUT2D eigenvalue weighted by atomic mass is 32.1. The SMILES string of the molecule is Cc1ccc(-c2c(C)sc(=O)n2CCCCN)cc1C. The summed E-state index contributed by atoms with van der Waals surface area (Å²) >= 11 is 1.33. The molecule has 0 aliphatic carbocycles. The third-order valence-electron chi connectivity index (χ3n) is 3.68. The molecule has 1 aromatic heterocycles. The Morgan fingerprint density at radius 1 is 1.15 bits per heavy atom. The highest BCUT2D eigenvalue weighted by molar-refractivity contribution is 7.09. The number of hydrogen-bond acceptors (Lipinski definition) is 3. The molecule has 2 N–H and O–H groups in total. The van der Waals surface area contributed by atoms with Gasteiger partial charge in [-0.25, -0.2) is 0 Å². The third kappa shape index (κ3) is 3.02. The van der Waals surface area contributed by atoms with Crippen LogP contribution in [0.3, 0.4) is 0 Å². The Kier molecular flexibility index (Phi) is 4.78. The predicted molar refractivity (Wildman–Crippen MR) is 86.5 cm³/mol. The molecule has 0 aliphatic rings. The van der Waals surface area contributed by atoms with E-state index in [1.807, 2.05) is 11.5 Å². The molecule has 0 unspecified atom stereocenters. The van der Waals surface area contributed by atoms with Gasteiger partial charge in [-0.15, -0.1) is 0 Å². The molecule has 0 bridgehead atoms. The van der Waals surface area contributed by atoms with Gasteiger partial charge in [-0.2, -0.15) is 0 Å². The quantitative estimate of drug-likeness (QED) is 0.859. The lowest BCUT2D eigenvalue weighted by Crippen LogP contribution is -2.15. The Morgan fingerprint density at radius 3 is 2.55 bits per heavy atom. The van der Waals surface area contributed by atoms with Gasteiger partial charge in [-0.3, -0.25) is 9.36 Å². The summed E-state index contributed by atoms with van der Waals surface area (Å²) < 4.78 is 1.90. The lowest BCUT2D eigenvalue weighted by molar-refractivity contribution is 0.612. The van der Waals surface area contributed by atoms with Crippen LogP contribution in [0, 0.1) is 20.8 Å². The average Bonchev–Trinajstić information content (AvgIpc) is 2.68. The van der Waals surface area contributed by atoms with Gasteiger partial charge in [0.25, 0.3) is 0 Å². The summed E-state index contributed by atoms with van der Waals surface area (Å²) in [4.78, 5) is 13.4. The number of benzene rings is 1. The van der Waals surface area contributed by atoms with Crippen molar-refractivity contribution in [3.8, 4) is 11.3 Å². The molecule has 2 rings (SSSR count). The van der Waals surface area contributed by atoms with Gasteiger partial charge in [0.1, 0.15) is 0 Å². The van der Waals surface area contributed by atoms with Gasteiger partial charge in [0, 0.05) is 11.4 Å². The molecule has 0 radical (unpaired) electrons. The van der Waals surface area contributed by atoms with E-state index < -0.39 is 0 Å². The van der Waals surface area contributed by atoms with Crippen LogP contribution in [0.1, 0.15) is 28.8 Å². The number of thiazole rings is 1. The Bertz CT molecular complexity index is 655. The summed E-state index contributed by atoms with van der Waals surface area (Å²) in [5.41, 5.74) is 10.3. The largest absolute Gasteiger partial charge is 0.330 e. The number of aromatic nitrogens is 1. The molecule has 2 aromatic rings. The highest BCUT2D eigenvalue weighted by Gasteiger charge is 2.13. The van der Waals surface area contributed by atoms with E-state index in [1.165, 1.54) is 22.5 Å². The molecule has 0 aliphatic heterocycles. The number of hydrogen-bond donors (Lipinski definition) is 1. The van der Waals surface area contributed by atoms with Crippen molar-refractivity contribution < 1.29 is 0 Å². The summed E-state index contributed by atoms with van der Waals surface area (Å²) in [6, 6.07) is 6.40. The maximum atomic E-state index is 12.1.